The van der Waals surface area contributed by atoms with Gasteiger partial charge in [0.15, 0.2) is 0 Å². The molecule has 1 nitrogen and oxygen atoms in total. The van der Waals surface area contributed by atoms with Crippen molar-refractivity contribution >= 4 is 65.0 Å². The molecular weight excluding hydrogens is 677 g/mol. The van der Waals surface area contributed by atoms with Gasteiger partial charge in [-0.1, -0.05) is 172 Å². The minimum atomic E-state index is -0.208. The smallest absolute Gasteiger partial charge is 0.144 e. The Balaban J connectivity index is 0.998. The number of furan rings is 1. The van der Waals surface area contributed by atoms with Crippen LogP contribution in [0.3, 0.4) is 0 Å². The van der Waals surface area contributed by atoms with Gasteiger partial charge in [-0.25, -0.2) is 0 Å². The Bertz CT molecular complexity index is 3380. The van der Waals surface area contributed by atoms with Crippen LogP contribution in [0.1, 0.15) is 25.0 Å². The Kier molecular flexibility index (Phi) is 6.46. The molecule has 10 aromatic carbocycles. The van der Waals surface area contributed by atoms with Crippen LogP contribution in [0.15, 0.2) is 186 Å². The summed E-state index contributed by atoms with van der Waals surface area (Å²) in [6.45, 7) is 4.76. The minimum Gasteiger partial charge on any atom is -0.455 e. The third-order valence-corrected chi connectivity index (χ3v) is 12.6. The molecule has 0 saturated heterocycles. The van der Waals surface area contributed by atoms with E-state index in [1.165, 1.54) is 109 Å². The highest BCUT2D eigenvalue weighted by Crippen LogP contribution is 2.56. The monoisotopic (exact) mass is 712 g/mol. The molecule has 1 aliphatic carbocycles. The van der Waals surface area contributed by atoms with Crippen molar-refractivity contribution in [1.82, 2.24) is 0 Å². The fourth-order valence-corrected chi connectivity index (χ4v) is 10.1. The van der Waals surface area contributed by atoms with Gasteiger partial charge in [0.1, 0.15) is 11.2 Å². The van der Waals surface area contributed by atoms with Crippen LogP contribution in [0.5, 0.6) is 0 Å². The first-order valence-electron chi connectivity index (χ1n) is 19.6. The van der Waals surface area contributed by atoms with Gasteiger partial charge in [0.25, 0.3) is 0 Å². The topological polar surface area (TPSA) is 13.1 Å². The summed E-state index contributed by atoms with van der Waals surface area (Å²) >= 11 is 0. The summed E-state index contributed by atoms with van der Waals surface area (Å²) in [4.78, 5) is 0. The zero-order valence-corrected chi connectivity index (χ0v) is 31.2. The van der Waals surface area contributed by atoms with Crippen LogP contribution in [-0.2, 0) is 5.41 Å². The minimum absolute atomic E-state index is 0.208. The predicted molar refractivity (Wildman–Crippen MR) is 238 cm³/mol. The van der Waals surface area contributed by atoms with Crippen LogP contribution in [0, 0.1) is 0 Å². The maximum Gasteiger partial charge on any atom is 0.144 e. The highest BCUT2D eigenvalue weighted by atomic mass is 16.3. The molecule has 0 saturated carbocycles. The van der Waals surface area contributed by atoms with Crippen LogP contribution in [-0.4, -0.2) is 0 Å². The molecule has 0 radical (unpaired) electrons. The van der Waals surface area contributed by atoms with Crippen LogP contribution in [0.25, 0.3) is 110 Å². The van der Waals surface area contributed by atoms with Crippen molar-refractivity contribution in [2.45, 2.75) is 19.3 Å². The van der Waals surface area contributed by atoms with Crippen LogP contribution in [0.2, 0.25) is 0 Å². The van der Waals surface area contributed by atoms with Gasteiger partial charge in [-0.05, 0) is 117 Å². The summed E-state index contributed by atoms with van der Waals surface area (Å²) in [5.74, 6) is 0. The molecule has 0 unspecified atom stereocenters. The van der Waals surface area contributed by atoms with Crippen molar-refractivity contribution in [3.8, 4) is 44.5 Å². The number of hydrogen-bond acceptors (Lipinski definition) is 1. The molecule has 1 heteroatoms. The fourth-order valence-electron chi connectivity index (χ4n) is 10.1. The summed E-state index contributed by atoms with van der Waals surface area (Å²) < 4.78 is 6.73. The fraction of sp³-hybridized carbons (Fsp3) is 0.0545. The van der Waals surface area contributed by atoms with Gasteiger partial charge >= 0.3 is 0 Å². The van der Waals surface area contributed by atoms with Crippen LogP contribution >= 0.6 is 0 Å². The Hall–Kier alpha value is -6.96. The Labute approximate surface area is 325 Å². The van der Waals surface area contributed by atoms with Gasteiger partial charge < -0.3 is 4.42 Å². The molecule has 1 aliphatic rings. The van der Waals surface area contributed by atoms with E-state index in [2.05, 4.69) is 196 Å². The van der Waals surface area contributed by atoms with Gasteiger partial charge in [-0.2, -0.15) is 0 Å². The summed E-state index contributed by atoms with van der Waals surface area (Å²) in [5.41, 5.74) is 14.4. The van der Waals surface area contributed by atoms with E-state index < -0.39 is 0 Å². The largest absolute Gasteiger partial charge is 0.455 e. The summed E-state index contributed by atoms with van der Waals surface area (Å²) in [6, 6.07) is 67.0. The zero-order chi connectivity index (χ0) is 37.1. The first-order chi connectivity index (χ1) is 27.5. The van der Waals surface area contributed by atoms with E-state index in [-0.39, 0.29) is 5.41 Å². The van der Waals surface area contributed by atoms with E-state index in [0.717, 1.165) is 11.2 Å². The number of hydrogen-bond donors (Lipinski definition) is 0. The third-order valence-electron chi connectivity index (χ3n) is 12.6. The summed E-state index contributed by atoms with van der Waals surface area (Å²) in [7, 11) is 0. The molecule has 0 bridgehead atoms. The quantitative estimate of drug-likeness (QED) is 0.166. The second-order valence-electron chi connectivity index (χ2n) is 16.0. The third kappa shape index (κ3) is 4.31. The molecule has 1 heterocycles. The Morgan fingerprint density at radius 3 is 1.55 bits per heavy atom. The number of para-hydroxylation sites is 1. The maximum atomic E-state index is 6.73. The Morgan fingerprint density at radius 2 is 0.875 bits per heavy atom. The first-order valence-corrected chi connectivity index (χ1v) is 19.6. The molecule has 56 heavy (non-hydrogen) atoms. The molecular formula is C55H36O. The molecule has 0 fully saturated rings. The predicted octanol–water partition coefficient (Wildman–Crippen LogP) is 15.5. The van der Waals surface area contributed by atoms with E-state index in [0.29, 0.717) is 0 Å². The average Bonchev–Trinajstić information content (AvgIpc) is 3.75. The van der Waals surface area contributed by atoms with Gasteiger partial charge in [-0.15, -0.1) is 0 Å². The van der Waals surface area contributed by atoms with Crippen molar-refractivity contribution in [2.75, 3.05) is 0 Å². The first kappa shape index (κ1) is 31.4. The van der Waals surface area contributed by atoms with Crippen molar-refractivity contribution in [2.24, 2.45) is 0 Å². The van der Waals surface area contributed by atoms with Crippen molar-refractivity contribution in [3.05, 3.63) is 193 Å². The van der Waals surface area contributed by atoms with Gasteiger partial charge in [-0.3, -0.25) is 0 Å². The lowest BCUT2D eigenvalue weighted by Crippen LogP contribution is -2.15. The maximum absolute atomic E-state index is 6.73. The molecule has 0 spiro atoms. The normalized spacial score (nSPS) is 13.3. The zero-order valence-electron chi connectivity index (χ0n) is 31.2. The average molecular weight is 713 g/mol. The molecule has 11 aromatic rings. The van der Waals surface area contributed by atoms with Crippen molar-refractivity contribution in [1.29, 1.82) is 0 Å². The standard InChI is InChI=1S/C55H36O/c1-55(2)47-32-37(28-29-45(47)52-53(55)44-21-11-10-20-43(44)51-46-22-12-13-23-48(46)56-54(51)52)35-24-25-36-31-38(27-26-34(36)30-35)50-41-18-8-6-16-39(41)49(33-14-4-3-5-15-33)40-17-7-9-19-42(40)50/h3-32H,1-2H3. The number of fused-ring (bicyclic) bond motifs is 13. The highest BCUT2D eigenvalue weighted by molar-refractivity contribution is 6.25. The Morgan fingerprint density at radius 1 is 0.375 bits per heavy atom. The SMILES string of the molecule is CC1(C)c2cc(-c3ccc4cc(-c5c6ccccc6c(-c6ccccc6)c6ccccc56)ccc4c3)ccc2-c2c1c1ccccc1c1c2oc2ccccc21. The van der Waals surface area contributed by atoms with E-state index in [4.69, 9.17) is 4.42 Å². The second kappa shape index (κ2) is 11.5. The molecule has 0 aliphatic heterocycles. The van der Waals surface area contributed by atoms with Gasteiger partial charge in [0, 0.05) is 21.8 Å². The van der Waals surface area contributed by atoms with E-state index >= 15 is 0 Å². The van der Waals surface area contributed by atoms with Crippen LogP contribution < -0.4 is 0 Å². The van der Waals surface area contributed by atoms with E-state index in [1.807, 2.05) is 0 Å². The van der Waals surface area contributed by atoms with Crippen LogP contribution in [0.4, 0.5) is 0 Å². The van der Waals surface area contributed by atoms with Gasteiger partial charge in [0.2, 0.25) is 0 Å². The van der Waals surface area contributed by atoms with E-state index in [9.17, 15) is 0 Å². The number of rotatable bonds is 3. The van der Waals surface area contributed by atoms with Crippen molar-refractivity contribution in [3.63, 3.8) is 0 Å². The molecule has 1 aromatic heterocycles. The second-order valence-corrected chi connectivity index (χ2v) is 16.0. The molecule has 12 rings (SSSR count). The lowest BCUT2D eigenvalue weighted by molar-refractivity contribution is 0.658. The van der Waals surface area contributed by atoms with Gasteiger partial charge in [0.05, 0.1) is 0 Å². The molecule has 0 N–H and O–H groups in total. The number of benzene rings is 10. The lowest BCUT2D eigenvalue weighted by atomic mass is 9.79. The van der Waals surface area contributed by atoms with Crippen molar-refractivity contribution < 1.29 is 4.42 Å². The summed E-state index contributed by atoms with van der Waals surface area (Å²) in [5, 5.41) is 12.5. The lowest BCUT2D eigenvalue weighted by Gasteiger charge is -2.24. The van der Waals surface area contributed by atoms with E-state index in [1.54, 1.807) is 0 Å². The molecule has 0 atom stereocenters. The summed E-state index contributed by atoms with van der Waals surface area (Å²) in [6.07, 6.45) is 0. The molecule has 262 valence electrons. The molecule has 0 amide bonds. The highest BCUT2D eigenvalue weighted by Gasteiger charge is 2.40.